The molecule has 0 saturated carbocycles. The molecule has 1 heterocycles. The van der Waals surface area contributed by atoms with E-state index in [1.807, 2.05) is 54.4 Å². The zero-order valence-corrected chi connectivity index (χ0v) is 25.6. The molecule has 1 saturated heterocycles. The molecule has 9 heteroatoms. The number of nitrogens with one attached hydrogen (secondary N) is 2. The first-order valence-corrected chi connectivity index (χ1v) is 14.7. The third kappa shape index (κ3) is 8.94. The third-order valence-electron chi connectivity index (χ3n) is 7.32. The van der Waals surface area contributed by atoms with Crippen LogP contribution in [0.5, 0.6) is 0 Å². The normalized spacial score (nSPS) is 15.5. The number of halogens is 1. The topological polar surface area (TPSA) is 100 Å². The minimum absolute atomic E-state index is 0.0637. The fourth-order valence-corrected chi connectivity index (χ4v) is 5.19. The van der Waals surface area contributed by atoms with E-state index in [0.717, 1.165) is 42.0 Å². The largest absolute Gasteiger partial charge is 0.481 e. The number of nitrogens with zero attached hydrogens (tertiary/aromatic N) is 1. The maximum Gasteiger partial charge on any atom is 0.408 e. The minimum Gasteiger partial charge on any atom is -0.481 e. The van der Waals surface area contributed by atoms with E-state index in [1.54, 1.807) is 45.9 Å². The summed E-state index contributed by atoms with van der Waals surface area (Å²) >= 11 is 0. The summed E-state index contributed by atoms with van der Waals surface area (Å²) < 4.78 is 27.3. The van der Waals surface area contributed by atoms with Crippen molar-refractivity contribution in [2.75, 3.05) is 30.4 Å². The second-order valence-electron chi connectivity index (χ2n) is 12.1. The van der Waals surface area contributed by atoms with Crippen LogP contribution in [-0.4, -0.2) is 49.1 Å². The Hall–Kier alpha value is -4.11. The Bertz CT molecular complexity index is 1430. The highest BCUT2D eigenvalue weighted by atomic mass is 19.1. The number of anilines is 2. The number of carboxylic acid groups (broad SMARTS) is 1. The van der Waals surface area contributed by atoms with Gasteiger partial charge in [-0.3, -0.25) is 4.79 Å². The number of hydrogen-bond donors (Lipinski definition) is 3. The highest BCUT2D eigenvalue weighted by Gasteiger charge is 2.22. The third-order valence-corrected chi connectivity index (χ3v) is 7.32. The average Bonchev–Trinajstić information content (AvgIpc) is 3.45. The number of hydrogen-bond acceptors (Lipinski definition) is 6. The molecule has 8 nitrogen and oxygen atoms in total. The smallest absolute Gasteiger partial charge is 0.408 e. The monoisotopic (exact) mass is 591 g/mol. The number of aliphatic carboxylic acids is 1. The van der Waals surface area contributed by atoms with Crippen LogP contribution in [0.25, 0.3) is 11.1 Å². The molecule has 0 aromatic heterocycles. The van der Waals surface area contributed by atoms with Crippen LogP contribution >= 0.6 is 0 Å². The summed E-state index contributed by atoms with van der Waals surface area (Å²) in [6.07, 6.45) is 1.46. The van der Waals surface area contributed by atoms with Crippen molar-refractivity contribution in [3.05, 3.63) is 83.2 Å². The Morgan fingerprint density at radius 3 is 2.53 bits per heavy atom. The fourth-order valence-electron chi connectivity index (χ4n) is 5.19. The summed E-state index contributed by atoms with van der Waals surface area (Å²) in [5.41, 5.74) is 4.05. The first-order chi connectivity index (χ1) is 20.4. The first-order valence-electron chi connectivity index (χ1n) is 14.7. The molecule has 2 atom stereocenters. The maximum atomic E-state index is 16.1. The summed E-state index contributed by atoms with van der Waals surface area (Å²) in [6, 6.07) is 17.9. The zero-order valence-electron chi connectivity index (χ0n) is 25.6. The van der Waals surface area contributed by atoms with E-state index in [4.69, 9.17) is 9.47 Å². The lowest BCUT2D eigenvalue weighted by atomic mass is 9.97. The van der Waals surface area contributed by atoms with E-state index in [1.165, 1.54) is 0 Å². The molecule has 3 N–H and O–H groups in total. The number of amides is 1. The Labute approximate surface area is 253 Å². The summed E-state index contributed by atoms with van der Waals surface area (Å²) in [7, 11) is 1.93. The van der Waals surface area contributed by atoms with Crippen LogP contribution in [0.3, 0.4) is 0 Å². The second kappa shape index (κ2) is 13.9. The van der Waals surface area contributed by atoms with Gasteiger partial charge in [0.15, 0.2) is 0 Å². The number of benzene rings is 3. The predicted molar refractivity (Wildman–Crippen MR) is 167 cm³/mol. The van der Waals surface area contributed by atoms with Crippen LogP contribution in [0.2, 0.25) is 0 Å². The van der Waals surface area contributed by atoms with E-state index >= 15 is 4.39 Å². The Kier molecular flexibility index (Phi) is 10.3. The predicted octanol–water partition coefficient (Wildman–Crippen LogP) is 6.93. The summed E-state index contributed by atoms with van der Waals surface area (Å²) in [6.45, 7) is 8.90. The number of carbonyl (C=O) groups is 2. The van der Waals surface area contributed by atoms with Crippen LogP contribution in [0.1, 0.15) is 63.3 Å². The average molecular weight is 592 g/mol. The van der Waals surface area contributed by atoms with Crippen molar-refractivity contribution in [3.8, 4) is 11.1 Å². The van der Waals surface area contributed by atoms with Crippen molar-refractivity contribution in [2.45, 2.75) is 71.2 Å². The van der Waals surface area contributed by atoms with E-state index in [2.05, 4.69) is 10.6 Å². The van der Waals surface area contributed by atoms with Crippen molar-refractivity contribution < 1.29 is 28.6 Å². The van der Waals surface area contributed by atoms with Gasteiger partial charge in [0.25, 0.3) is 0 Å². The summed E-state index contributed by atoms with van der Waals surface area (Å²) in [5.74, 6) is -1.31. The van der Waals surface area contributed by atoms with Crippen molar-refractivity contribution in [3.63, 3.8) is 0 Å². The molecule has 3 aromatic rings. The molecule has 1 amide bonds. The number of ether oxygens (including phenoxy) is 2. The molecular weight excluding hydrogens is 549 g/mol. The molecule has 230 valence electrons. The molecule has 0 aliphatic carbocycles. The van der Waals surface area contributed by atoms with Crippen molar-refractivity contribution in [1.29, 1.82) is 0 Å². The molecule has 4 rings (SSSR count). The highest BCUT2D eigenvalue weighted by molar-refractivity contribution is 5.76. The minimum atomic E-state index is -0.886. The Morgan fingerprint density at radius 2 is 1.86 bits per heavy atom. The van der Waals surface area contributed by atoms with Gasteiger partial charge in [-0.15, -0.1) is 0 Å². The van der Waals surface area contributed by atoms with Gasteiger partial charge in [-0.1, -0.05) is 42.5 Å². The number of alkyl carbamates (subject to hydrolysis) is 1. The molecule has 0 unspecified atom stereocenters. The molecule has 0 bridgehead atoms. The van der Waals surface area contributed by atoms with Gasteiger partial charge in [0.05, 0.1) is 18.6 Å². The lowest BCUT2D eigenvalue weighted by Gasteiger charge is -2.24. The van der Waals surface area contributed by atoms with Gasteiger partial charge in [0, 0.05) is 49.2 Å². The number of carbonyl (C=O) groups excluding carboxylic acids is 1. The Balaban J connectivity index is 1.66. The quantitative estimate of drug-likeness (QED) is 0.222. The van der Waals surface area contributed by atoms with Crippen LogP contribution in [0.4, 0.5) is 20.6 Å². The molecule has 1 aliphatic heterocycles. The zero-order chi connectivity index (χ0) is 31.1. The van der Waals surface area contributed by atoms with Gasteiger partial charge in [-0.2, -0.15) is 0 Å². The molecule has 1 fully saturated rings. The van der Waals surface area contributed by atoms with Crippen LogP contribution < -0.4 is 15.5 Å². The lowest BCUT2D eigenvalue weighted by molar-refractivity contribution is -0.136. The number of carboxylic acids is 1. The molecule has 1 aliphatic rings. The van der Waals surface area contributed by atoms with Gasteiger partial charge < -0.3 is 30.1 Å². The lowest BCUT2D eigenvalue weighted by Crippen LogP contribution is -2.34. The summed E-state index contributed by atoms with van der Waals surface area (Å²) in [4.78, 5) is 25.8. The maximum absolute atomic E-state index is 16.1. The van der Waals surface area contributed by atoms with Gasteiger partial charge in [-0.25, -0.2) is 9.18 Å². The van der Waals surface area contributed by atoms with Crippen LogP contribution in [0.15, 0.2) is 60.7 Å². The van der Waals surface area contributed by atoms with E-state index < -0.39 is 29.5 Å². The second-order valence-corrected chi connectivity index (χ2v) is 12.1. The highest BCUT2D eigenvalue weighted by Crippen LogP contribution is 2.34. The molecular formula is C34H42FN3O5. The fraction of sp³-hybridized carbons (Fsp3) is 0.412. The van der Waals surface area contributed by atoms with Gasteiger partial charge in [0.1, 0.15) is 11.4 Å². The van der Waals surface area contributed by atoms with E-state index in [-0.39, 0.29) is 12.5 Å². The first kappa shape index (κ1) is 31.8. The van der Waals surface area contributed by atoms with Gasteiger partial charge >= 0.3 is 12.1 Å². The van der Waals surface area contributed by atoms with Gasteiger partial charge in [-0.05, 0) is 75.4 Å². The standard InChI is InChI=1S/C34H42FN3O5/c1-22(37-33(41)43-34(2,3)4)29-13-8-14-30(32(29)35)25-16-26(36-20-28-12-9-15-42-28)19-27(17-25)38(5)21-24-11-7-6-10-23(24)18-31(39)40/h6-8,10-11,13-14,16-17,19,22,28,36H,9,12,15,18,20-21H2,1-5H3,(H,37,41)(H,39,40)/t22-,28+/m1/s1. The molecule has 3 aromatic carbocycles. The van der Waals surface area contributed by atoms with Gasteiger partial charge in [0.2, 0.25) is 0 Å². The Morgan fingerprint density at radius 1 is 1.12 bits per heavy atom. The van der Waals surface area contributed by atoms with E-state index in [9.17, 15) is 14.7 Å². The SMILES string of the molecule is C[C@@H](NC(=O)OC(C)(C)C)c1cccc(-c2cc(NC[C@@H]3CCCO3)cc(N(C)Cc3ccccc3CC(=O)O)c2)c1F. The van der Waals surface area contributed by atoms with Crippen LogP contribution in [-0.2, 0) is 27.2 Å². The van der Waals surface area contributed by atoms with Crippen molar-refractivity contribution in [2.24, 2.45) is 0 Å². The van der Waals surface area contributed by atoms with E-state index in [0.29, 0.717) is 29.8 Å². The summed E-state index contributed by atoms with van der Waals surface area (Å²) in [5, 5.41) is 15.6. The molecule has 43 heavy (non-hydrogen) atoms. The van der Waals surface area contributed by atoms with Crippen molar-refractivity contribution >= 4 is 23.4 Å². The molecule has 0 spiro atoms. The number of rotatable bonds is 11. The van der Waals surface area contributed by atoms with Crippen molar-refractivity contribution in [1.82, 2.24) is 5.32 Å². The molecule has 0 radical (unpaired) electrons. The van der Waals surface area contributed by atoms with Crippen LogP contribution in [0, 0.1) is 5.82 Å².